The molecule has 0 amide bonds. The molecule has 3 fully saturated rings. The lowest BCUT2D eigenvalue weighted by Gasteiger charge is -2.34. The fraction of sp³-hybridized carbons (Fsp3) is 0.720. The number of hydrogen-bond acceptors (Lipinski definition) is 6. The lowest BCUT2D eigenvalue weighted by molar-refractivity contribution is -0.155. The highest BCUT2D eigenvalue weighted by Crippen LogP contribution is 2.40. The van der Waals surface area contributed by atoms with Gasteiger partial charge in [-0.2, -0.15) is 0 Å². The van der Waals surface area contributed by atoms with Crippen molar-refractivity contribution in [3.63, 3.8) is 0 Å². The number of likely N-dealkylation sites (tertiary alicyclic amines) is 1. The first-order valence-electron chi connectivity index (χ1n) is 12.2. The summed E-state index contributed by atoms with van der Waals surface area (Å²) in [6.07, 6.45) is 10.0. The Morgan fingerprint density at radius 1 is 1.19 bits per heavy atom. The first kappa shape index (κ1) is 22.3. The third kappa shape index (κ3) is 4.79. The molecule has 0 radical (unpaired) electrons. The van der Waals surface area contributed by atoms with Crippen LogP contribution in [0.1, 0.15) is 64.7 Å². The summed E-state index contributed by atoms with van der Waals surface area (Å²) in [6, 6.07) is 7.78. The molecule has 31 heavy (non-hydrogen) atoms. The van der Waals surface area contributed by atoms with Crippen molar-refractivity contribution in [2.24, 2.45) is 5.41 Å². The summed E-state index contributed by atoms with van der Waals surface area (Å²) in [5, 5.41) is 3.48. The van der Waals surface area contributed by atoms with E-state index in [1.807, 2.05) is 0 Å². The van der Waals surface area contributed by atoms with E-state index in [0.29, 0.717) is 6.04 Å². The molecule has 0 bridgehead atoms. The highest BCUT2D eigenvalue weighted by Gasteiger charge is 2.40. The molecule has 3 aliphatic rings. The number of esters is 1. The van der Waals surface area contributed by atoms with E-state index in [9.17, 15) is 4.79 Å². The zero-order valence-electron chi connectivity index (χ0n) is 19.4. The van der Waals surface area contributed by atoms with Crippen molar-refractivity contribution in [3.8, 4) is 0 Å². The third-order valence-corrected chi connectivity index (χ3v) is 7.99. The van der Waals surface area contributed by atoms with Gasteiger partial charge in [0.05, 0.1) is 23.9 Å². The highest BCUT2D eigenvalue weighted by molar-refractivity contribution is 5.77. The standard InChI is InChI=1S/C25H40N4O2/c1-19-7-6-15-29(19)21-10-16-28(18-21)20-8-9-23(22(26)17-20)27-14-13-25(24(30)31-2)11-4-3-5-12-25/h8-9,17,19,21,27H,3-7,10-16,18,26H2,1-2H3/t19-,21+/m0/s1. The van der Waals surface area contributed by atoms with Crippen LogP contribution in [0.2, 0.25) is 0 Å². The van der Waals surface area contributed by atoms with Crippen LogP contribution in [-0.2, 0) is 9.53 Å². The Morgan fingerprint density at radius 3 is 2.68 bits per heavy atom. The van der Waals surface area contributed by atoms with Crippen LogP contribution in [0, 0.1) is 5.41 Å². The van der Waals surface area contributed by atoms with Gasteiger partial charge in [0.1, 0.15) is 0 Å². The molecular formula is C25H40N4O2. The average Bonchev–Trinajstić information content (AvgIpc) is 3.44. The normalized spacial score (nSPS) is 26.2. The minimum absolute atomic E-state index is 0.0479. The van der Waals surface area contributed by atoms with Crippen LogP contribution in [0.15, 0.2) is 18.2 Å². The molecule has 6 nitrogen and oxygen atoms in total. The maximum absolute atomic E-state index is 12.4. The lowest BCUT2D eigenvalue weighted by Crippen LogP contribution is -2.39. The van der Waals surface area contributed by atoms with Crippen molar-refractivity contribution in [1.82, 2.24) is 4.90 Å². The molecule has 3 N–H and O–H groups in total. The Balaban J connectivity index is 1.33. The lowest BCUT2D eigenvalue weighted by atomic mass is 9.72. The van der Waals surface area contributed by atoms with Crippen LogP contribution >= 0.6 is 0 Å². The van der Waals surface area contributed by atoms with Gasteiger partial charge in [-0.25, -0.2) is 0 Å². The second-order valence-electron chi connectivity index (χ2n) is 9.90. The smallest absolute Gasteiger partial charge is 0.311 e. The second kappa shape index (κ2) is 9.68. The maximum atomic E-state index is 12.4. The second-order valence-corrected chi connectivity index (χ2v) is 9.90. The summed E-state index contributed by atoms with van der Waals surface area (Å²) < 4.78 is 5.14. The summed E-state index contributed by atoms with van der Waals surface area (Å²) in [7, 11) is 1.51. The highest BCUT2D eigenvalue weighted by atomic mass is 16.5. The van der Waals surface area contributed by atoms with Gasteiger partial charge in [0.15, 0.2) is 0 Å². The number of nitrogens with zero attached hydrogens (tertiary/aromatic N) is 2. The third-order valence-electron chi connectivity index (χ3n) is 7.99. The van der Waals surface area contributed by atoms with Crippen molar-refractivity contribution in [1.29, 1.82) is 0 Å². The number of methoxy groups -OCH3 is 1. The SMILES string of the molecule is COC(=O)C1(CCNc2ccc(N3CC[C@@H](N4CCC[C@@H]4C)C3)cc2N)CCCCC1. The molecule has 2 saturated heterocycles. The zero-order valence-corrected chi connectivity index (χ0v) is 19.4. The Kier molecular flexibility index (Phi) is 6.95. The summed E-state index contributed by atoms with van der Waals surface area (Å²) in [5.74, 6) is -0.0479. The van der Waals surface area contributed by atoms with E-state index in [-0.39, 0.29) is 11.4 Å². The molecule has 1 saturated carbocycles. The van der Waals surface area contributed by atoms with Crippen molar-refractivity contribution < 1.29 is 9.53 Å². The van der Waals surface area contributed by atoms with E-state index in [1.54, 1.807) is 0 Å². The molecule has 1 aromatic carbocycles. The summed E-state index contributed by atoms with van der Waals surface area (Å²) >= 11 is 0. The number of carbonyl (C=O) groups is 1. The zero-order chi connectivity index (χ0) is 21.8. The van der Waals surface area contributed by atoms with Crippen molar-refractivity contribution in [2.75, 3.05) is 49.2 Å². The van der Waals surface area contributed by atoms with Gasteiger partial charge < -0.3 is 20.7 Å². The van der Waals surface area contributed by atoms with Crippen LogP contribution in [-0.4, -0.2) is 56.2 Å². The van der Waals surface area contributed by atoms with Crippen LogP contribution in [0.4, 0.5) is 17.1 Å². The van der Waals surface area contributed by atoms with Crippen molar-refractivity contribution in [2.45, 2.75) is 76.8 Å². The number of benzene rings is 1. The Morgan fingerprint density at radius 2 is 2.00 bits per heavy atom. The minimum atomic E-state index is -0.327. The number of anilines is 3. The molecule has 2 heterocycles. The first-order valence-corrected chi connectivity index (χ1v) is 12.2. The van der Waals surface area contributed by atoms with Gasteiger partial charge in [-0.3, -0.25) is 9.69 Å². The molecule has 172 valence electrons. The quantitative estimate of drug-likeness (QED) is 0.500. The van der Waals surface area contributed by atoms with E-state index in [4.69, 9.17) is 10.5 Å². The molecule has 1 aliphatic carbocycles. The minimum Gasteiger partial charge on any atom is -0.469 e. The maximum Gasteiger partial charge on any atom is 0.311 e. The molecular weight excluding hydrogens is 388 g/mol. The Bertz CT molecular complexity index is 762. The summed E-state index contributed by atoms with van der Waals surface area (Å²) in [5.41, 5.74) is 9.05. The van der Waals surface area contributed by atoms with Gasteiger partial charge in [-0.15, -0.1) is 0 Å². The van der Waals surface area contributed by atoms with Gasteiger partial charge in [0.2, 0.25) is 0 Å². The average molecular weight is 429 g/mol. The number of nitrogens with one attached hydrogen (secondary N) is 1. The molecule has 0 spiro atoms. The van der Waals surface area contributed by atoms with Gasteiger partial charge in [0, 0.05) is 37.4 Å². The Labute approximate surface area is 187 Å². The van der Waals surface area contributed by atoms with Crippen molar-refractivity contribution in [3.05, 3.63) is 18.2 Å². The molecule has 6 heteroatoms. The fourth-order valence-corrected chi connectivity index (χ4v) is 6.09. The fourth-order valence-electron chi connectivity index (χ4n) is 6.09. The predicted octanol–water partition coefficient (Wildman–Crippen LogP) is 4.26. The molecule has 4 rings (SSSR count). The number of hydrogen-bond donors (Lipinski definition) is 2. The molecule has 1 aromatic rings. The summed E-state index contributed by atoms with van der Waals surface area (Å²) in [4.78, 5) is 17.6. The van der Waals surface area contributed by atoms with Crippen molar-refractivity contribution >= 4 is 23.0 Å². The number of nitrogen functional groups attached to an aromatic ring is 1. The van der Waals surface area contributed by atoms with Crippen LogP contribution in [0.3, 0.4) is 0 Å². The van der Waals surface area contributed by atoms with Crippen LogP contribution in [0.5, 0.6) is 0 Å². The predicted molar refractivity (Wildman–Crippen MR) is 128 cm³/mol. The largest absolute Gasteiger partial charge is 0.469 e. The first-order chi connectivity index (χ1) is 15.0. The number of nitrogens with two attached hydrogens (primary N) is 1. The number of rotatable bonds is 7. The van der Waals surface area contributed by atoms with Gasteiger partial charge in [-0.05, 0) is 70.2 Å². The molecule has 2 atom stereocenters. The van der Waals surface area contributed by atoms with Crippen LogP contribution < -0.4 is 16.0 Å². The molecule has 0 unspecified atom stereocenters. The monoisotopic (exact) mass is 428 g/mol. The van der Waals surface area contributed by atoms with E-state index in [1.165, 1.54) is 45.0 Å². The van der Waals surface area contributed by atoms with Crippen LogP contribution in [0.25, 0.3) is 0 Å². The molecule has 0 aromatic heterocycles. The number of ether oxygens (including phenoxy) is 1. The topological polar surface area (TPSA) is 70.8 Å². The van der Waals surface area contributed by atoms with E-state index >= 15 is 0 Å². The number of carbonyl (C=O) groups excluding carboxylic acids is 1. The van der Waals surface area contributed by atoms with Gasteiger partial charge in [0.25, 0.3) is 0 Å². The van der Waals surface area contributed by atoms with E-state index < -0.39 is 0 Å². The van der Waals surface area contributed by atoms with Gasteiger partial charge >= 0.3 is 5.97 Å². The Hall–Kier alpha value is -1.95. The summed E-state index contributed by atoms with van der Waals surface area (Å²) in [6.45, 7) is 6.54. The van der Waals surface area contributed by atoms with E-state index in [0.717, 1.165) is 69.2 Å². The molecule has 2 aliphatic heterocycles. The van der Waals surface area contributed by atoms with Gasteiger partial charge in [-0.1, -0.05) is 19.3 Å². The van der Waals surface area contributed by atoms with E-state index in [2.05, 4.69) is 40.2 Å².